The molecule has 136 valence electrons. The number of non-ortho nitro benzene ring substituents is 1. The minimum Gasteiger partial charge on any atom is -0.492 e. The molecule has 0 spiro atoms. The fourth-order valence-electron chi connectivity index (χ4n) is 2.10. The summed E-state index contributed by atoms with van der Waals surface area (Å²) in [5.41, 5.74) is 5.66. The number of amides is 1. The molecule has 1 amide bonds. The summed E-state index contributed by atoms with van der Waals surface area (Å²) in [4.78, 5) is 34.0. The smallest absolute Gasteiger partial charge is 0.340 e. The molecule has 3 N–H and O–H groups in total. The summed E-state index contributed by atoms with van der Waals surface area (Å²) in [6.45, 7) is 1.70. The van der Waals surface area contributed by atoms with Gasteiger partial charge in [-0.05, 0) is 25.1 Å². The number of ether oxygens (including phenoxy) is 2. The van der Waals surface area contributed by atoms with Gasteiger partial charge in [0.15, 0.2) is 6.61 Å². The number of nitro benzene ring substituents is 1. The van der Waals surface area contributed by atoms with Crippen LogP contribution in [0.25, 0.3) is 0 Å². The molecule has 0 saturated heterocycles. The number of benzene rings is 2. The van der Waals surface area contributed by atoms with Gasteiger partial charge in [-0.1, -0.05) is 12.1 Å². The van der Waals surface area contributed by atoms with Gasteiger partial charge in [0.1, 0.15) is 5.75 Å². The number of nitrogens with two attached hydrogens (primary N) is 1. The molecule has 0 radical (unpaired) electrons. The number of anilines is 2. The lowest BCUT2D eigenvalue weighted by atomic mass is 10.1. The van der Waals surface area contributed by atoms with Crippen LogP contribution in [0.2, 0.25) is 0 Å². The minimum atomic E-state index is -0.856. The predicted molar refractivity (Wildman–Crippen MR) is 94.0 cm³/mol. The van der Waals surface area contributed by atoms with Crippen molar-refractivity contribution in [2.24, 2.45) is 0 Å². The molecule has 0 saturated carbocycles. The lowest BCUT2D eigenvalue weighted by Gasteiger charge is -2.11. The van der Waals surface area contributed by atoms with Gasteiger partial charge in [0.2, 0.25) is 0 Å². The van der Waals surface area contributed by atoms with Gasteiger partial charge in [0.25, 0.3) is 11.6 Å². The number of nitro groups is 1. The zero-order valence-electron chi connectivity index (χ0n) is 13.9. The summed E-state index contributed by atoms with van der Waals surface area (Å²) in [6.07, 6.45) is 0. The van der Waals surface area contributed by atoms with E-state index in [1.54, 1.807) is 24.3 Å². The molecular formula is C17H17N3O6. The first-order valence-electron chi connectivity index (χ1n) is 7.65. The number of rotatable bonds is 7. The number of nitrogens with zero attached hydrogens (tertiary/aromatic N) is 1. The fraction of sp³-hybridized carbons (Fsp3) is 0.176. The van der Waals surface area contributed by atoms with Crippen LogP contribution in [-0.2, 0) is 9.53 Å². The summed E-state index contributed by atoms with van der Waals surface area (Å²) in [7, 11) is 0. The van der Waals surface area contributed by atoms with Crippen LogP contribution in [0.5, 0.6) is 5.75 Å². The zero-order valence-corrected chi connectivity index (χ0v) is 13.9. The SMILES string of the molecule is CCOc1ccccc1NC(=O)COC(=O)c1ccc([N+](=O)[O-])cc1N. The Morgan fingerprint density at radius 2 is 1.96 bits per heavy atom. The first-order chi connectivity index (χ1) is 12.4. The third-order valence-electron chi connectivity index (χ3n) is 3.26. The largest absolute Gasteiger partial charge is 0.492 e. The third-order valence-corrected chi connectivity index (χ3v) is 3.26. The van der Waals surface area contributed by atoms with E-state index in [0.717, 1.165) is 12.1 Å². The van der Waals surface area contributed by atoms with Gasteiger partial charge in [0, 0.05) is 12.1 Å². The van der Waals surface area contributed by atoms with E-state index >= 15 is 0 Å². The summed E-state index contributed by atoms with van der Waals surface area (Å²) in [5, 5.41) is 13.2. The minimum absolute atomic E-state index is 0.0573. The Hall–Kier alpha value is -3.62. The Morgan fingerprint density at radius 3 is 2.62 bits per heavy atom. The first-order valence-corrected chi connectivity index (χ1v) is 7.65. The molecular weight excluding hydrogens is 342 g/mol. The van der Waals surface area contributed by atoms with Gasteiger partial charge in [-0.25, -0.2) is 4.79 Å². The topological polar surface area (TPSA) is 134 Å². The standard InChI is InChI=1S/C17H17N3O6/c1-2-25-15-6-4-3-5-14(15)19-16(21)10-26-17(22)12-8-7-11(20(23)24)9-13(12)18/h3-9H,2,10,18H2,1H3,(H,19,21). The van der Waals surface area contributed by atoms with Crippen LogP contribution in [0, 0.1) is 10.1 Å². The molecule has 26 heavy (non-hydrogen) atoms. The van der Waals surface area contributed by atoms with E-state index in [0.29, 0.717) is 18.0 Å². The van der Waals surface area contributed by atoms with Crippen LogP contribution >= 0.6 is 0 Å². The Bertz CT molecular complexity index is 837. The van der Waals surface area contributed by atoms with Crippen molar-refractivity contribution in [2.45, 2.75) is 6.92 Å². The molecule has 0 fully saturated rings. The van der Waals surface area contributed by atoms with Crippen molar-refractivity contribution in [3.8, 4) is 5.75 Å². The number of hydrogen-bond donors (Lipinski definition) is 2. The van der Waals surface area contributed by atoms with Crippen molar-refractivity contribution in [2.75, 3.05) is 24.3 Å². The second kappa shape index (κ2) is 8.47. The van der Waals surface area contributed by atoms with Crippen LogP contribution in [-0.4, -0.2) is 30.0 Å². The fourth-order valence-corrected chi connectivity index (χ4v) is 2.10. The van der Waals surface area contributed by atoms with Crippen LogP contribution in [0.1, 0.15) is 17.3 Å². The second-order valence-corrected chi connectivity index (χ2v) is 5.08. The Balaban J connectivity index is 1.97. The molecule has 9 nitrogen and oxygen atoms in total. The van der Waals surface area contributed by atoms with Gasteiger partial charge in [0.05, 0.1) is 28.5 Å². The molecule has 2 rings (SSSR count). The molecule has 0 aliphatic carbocycles. The summed E-state index contributed by atoms with van der Waals surface area (Å²) >= 11 is 0. The lowest BCUT2D eigenvalue weighted by Crippen LogP contribution is -2.21. The highest BCUT2D eigenvalue weighted by Crippen LogP contribution is 2.24. The molecule has 0 aromatic heterocycles. The number of nitrogens with one attached hydrogen (secondary N) is 1. The normalized spacial score (nSPS) is 10.0. The highest BCUT2D eigenvalue weighted by molar-refractivity contribution is 5.98. The summed E-state index contributed by atoms with van der Waals surface area (Å²) in [6, 6.07) is 10.2. The number of carbonyl (C=O) groups is 2. The van der Waals surface area contributed by atoms with Crippen molar-refractivity contribution in [1.82, 2.24) is 0 Å². The van der Waals surface area contributed by atoms with Gasteiger partial charge in [-0.2, -0.15) is 0 Å². The molecule has 0 aliphatic heterocycles. The maximum atomic E-state index is 12.0. The zero-order chi connectivity index (χ0) is 19.1. The molecule has 0 bridgehead atoms. The predicted octanol–water partition coefficient (Wildman–Crippen LogP) is 2.37. The third kappa shape index (κ3) is 4.69. The Labute approximate surface area is 148 Å². The van der Waals surface area contributed by atoms with Gasteiger partial charge in [-0.3, -0.25) is 14.9 Å². The molecule has 0 unspecified atom stereocenters. The Morgan fingerprint density at radius 1 is 1.23 bits per heavy atom. The van der Waals surface area contributed by atoms with Crippen LogP contribution in [0.3, 0.4) is 0 Å². The van der Waals surface area contributed by atoms with Crippen molar-refractivity contribution in [3.05, 3.63) is 58.1 Å². The molecule has 0 aliphatic rings. The van der Waals surface area contributed by atoms with Crippen molar-refractivity contribution in [1.29, 1.82) is 0 Å². The van der Waals surface area contributed by atoms with E-state index in [9.17, 15) is 19.7 Å². The maximum absolute atomic E-state index is 12.0. The van der Waals surface area contributed by atoms with E-state index in [1.807, 2.05) is 6.92 Å². The quantitative estimate of drug-likeness (QED) is 0.335. The van der Waals surface area contributed by atoms with Crippen molar-refractivity contribution >= 4 is 28.9 Å². The molecule has 2 aromatic rings. The lowest BCUT2D eigenvalue weighted by molar-refractivity contribution is -0.384. The average Bonchev–Trinajstić information content (AvgIpc) is 2.61. The van der Waals surface area contributed by atoms with Crippen molar-refractivity contribution in [3.63, 3.8) is 0 Å². The van der Waals surface area contributed by atoms with Gasteiger partial charge < -0.3 is 20.5 Å². The summed E-state index contributed by atoms with van der Waals surface area (Å²) in [5.74, 6) is -0.925. The number of hydrogen-bond acceptors (Lipinski definition) is 7. The molecule has 9 heteroatoms. The first kappa shape index (κ1) is 18.7. The molecule has 2 aromatic carbocycles. The van der Waals surface area contributed by atoms with Crippen LogP contribution in [0.4, 0.5) is 17.1 Å². The van der Waals surface area contributed by atoms with E-state index in [1.165, 1.54) is 6.07 Å². The average molecular weight is 359 g/mol. The number of esters is 1. The second-order valence-electron chi connectivity index (χ2n) is 5.08. The van der Waals surface area contributed by atoms with Crippen molar-refractivity contribution < 1.29 is 24.0 Å². The van der Waals surface area contributed by atoms with Crippen LogP contribution < -0.4 is 15.8 Å². The molecule has 0 atom stereocenters. The highest BCUT2D eigenvalue weighted by Gasteiger charge is 2.17. The molecule has 0 heterocycles. The van der Waals surface area contributed by atoms with E-state index in [-0.39, 0.29) is 16.9 Å². The Kier molecular flexibility index (Phi) is 6.10. The van der Waals surface area contributed by atoms with Gasteiger partial charge in [-0.15, -0.1) is 0 Å². The van der Waals surface area contributed by atoms with Gasteiger partial charge >= 0.3 is 5.97 Å². The van der Waals surface area contributed by atoms with E-state index in [2.05, 4.69) is 5.32 Å². The van der Waals surface area contributed by atoms with Crippen LogP contribution in [0.15, 0.2) is 42.5 Å². The number of nitrogen functional groups attached to an aromatic ring is 1. The maximum Gasteiger partial charge on any atom is 0.340 e. The van der Waals surface area contributed by atoms with E-state index < -0.39 is 23.4 Å². The monoisotopic (exact) mass is 359 g/mol. The highest BCUT2D eigenvalue weighted by atomic mass is 16.6. The number of carbonyl (C=O) groups excluding carboxylic acids is 2. The number of para-hydroxylation sites is 2. The summed E-state index contributed by atoms with van der Waals surface area (Å²) < 4.78 is 10.3. The van der Waals surface area contributed by atoms with E-state index in [4.69, 9.17) is 15.2 Å².